The number of rotatable bonds is 5. The molecule has 0 aliphatic carbocycles. The van der Waals surface area contributed by atoms with Crippen molar-refractivity contribution in [3.05, 3.63) is 64.2 Å². The van der Waals surface area contributed by atoms with Gasteiger partial charge in [0.05, 0.1) is 0 Å². The molecule has 1 aliphatic heterocycles. The monoisotopic (exact) mass is 399 g/mol. The molecule has 0 atom stereocenters. The fourth-order valence-corrected chi connectivity index (χ4v) is 3.19. The predicted molar refractivity (Wildman–Crippen MR) is 108 cm³/mol. The number of piperazine rings is 1. The quantitative estimate of drug-likeness (QED) is 0.786. The van der Waals surface area contributed by atoms with E-state index >= 15 is 0 Å². The number of carbonyl (C=O) groups excluding carboxylic acids is 3. The first-order chi connectivity index (χ1) is 13.3. The zero-order chi connectivity index (χ0) is 20.3. The first-order valence-corrected chi connectivity index (χ1v) is 9.41. The van der Waals surface area contributed by atoms with E-state index in [1.807, 2.05) is 44.2 Å². The normalized spacial score (nSPS) is 14.4. The van der Waals surface area contributed by atoms with Crippen molar-refractivity contribution < 1.29 is 14.4 Å². The van der Waals surface area contributed by atoms with Crippen LogP contribution >= 0.6 is 11.6 Å². The summed E-state index contributed by atoms with van der Waals surface area (Å²) in [7, 11) is 0. The van der Waals surface area contributed by atoms with E-state index in [2.05, 4.69) is 5.32 Å². The molecular formula is C21H22ClN3O3. The minimum Gasteiger partial charge on any atom is -0.328 e. The summed E-state index contributed by atoms with van der Waals surface area (Å²) in [6, 6.07) is 12.9. The molecule has 3 rings (SSSR count). The Morgan fingerprint density at radius 2 is 1.64 bits per heavy atom. The molecule has 1 saturated heterocycles. The van der Waals surface area contributed by atoms with Gasteiger partial charge < -0.3 is 15.1 Å². The summed E-state index contributed by atoms with van der Waals surface area (Å²) in [6.45, 7) is 4.73. The van der Waals surface area contributed by atoms with Gasteiger partial charge in [0, 0.05) is 30.3 Å². The molecule has 0 saturated carbocycles. The molecule has 1 N–H and O–H groups in total. The van der Waals surface area contributed by atoms with Crippen molar-refractivity contribution >= 4 is 35.0 Å². The number of halogens is 1. The van der Waals surface area contributed by atoms with Gasteiger partial charge in [-0.05, 0) is 48.7 Å². The van der Waals surface area contributed by atoms with Gasteiger partial charge >= 0.3 is 11.8 Å². The van der Waals surface area contributed by atoms with Crippen LogP contribution in [0.5, 0.6) is 0 Å². The Balaban J connectivity index is 1.59. The molecule has 0 radical (unpaired) electrons. The van der Waals surface area contributed by atoms with Crippen molar-refractivity contribution in [3.8, 4) is 0 Å². The number of benzene rings is 2. The first-order valence-electron chi connectivity index (χ1n) is 9.03. The highest BCUT2D eigenvalue weighted by Crippen LogP contribution is 2.17. The van der Waals surface area contributed by atoms with Gasteiger partial charge in [-0.25, -0.2) is 0 Å². The summed E-state index contributed by atoms with van der Waals surface area (Å²) in [5, 5.41) is 3.44. The van der Waals surface area contributed by atoms with Gasteiger partial charge in [0.1, 0.15) is 6.54 Å². The number of nitrogens with one attached hydrogen (secondary N) is 1. The Morgan fingerprint density at radius 3 is 2.36 bits per heavy atom. The maximum absolute atomic E-state index is 12.4. The zero-order valence-corrected chi connectivity index (χ0v) is 16.6. The van der Waals surface area contributed by atoms with Crippen molar-refractivity contribution in [2.24, 2.45) is 0 Å². The van der Waals surface area contributed by atoms with Crippen molar-refractivity contribution in [2.45, 2.75) is 20.4 Å². The van der Waals surface area contributed by atoms with Gasteiger partial charge in [0.15, 0.2) is 0 Å². The molecule has 0 aromatic heterocycles. The minimum absolute atomic E-state index is 0.146. The van der Waals surface area contributed by atoms with Crippen LogP contribution in [0.1, 0.15) is 16.7 Å². The first kappa shape index (κ1) is 19.9. The van der Waals surface area contributed by atoms with Crippen LogP contribution in [0.25, 0.3) is 0 Å². The number of hydrogen-bond donors (Lipinski definition) is 1. The van der Waals surface area contributed by atoms with Crippen molar-refractivity contribution in [1.82, 2.24) is 9.80 Å². The standard InChI is InChI=1S/C21H22ClN3O3/c1-14-3-4-15(2)18(11-14)23-19(26)13-25-10-9-24(20(27)21(25)28)12-16-5-7-17(22)8-6-16/h3-8,11H,9-10,12-13H2,1-2H3,(H,23,26). The number of amides is 3. The summed E-state index contributed by atoms with van der Waals surface area (Å²) >= 11 is 5.87. The maximum Gasteiger partial charge on any atom is 0.312 e. The van der Waals surface area contributed by atoms with Crippen LogP contribution in [-0.2, 0) is 20.9 Å². The van der Waals surface area contributed by atoms with E-state index in [1.165, 1.54) is 9.80 Å². The topological polar surface area (TPSA) is 69.7 Å². The van der Waals surface area contributed by atoms with Gasteiger partial charge in [-0.3, -0.25) is 14.4 Å². The third-order valence-electron chi connectivity index (χ3n) is 4.69. The van der Waals surface area contributed by atoms with Crippen LogP contribution in [0.2, 0.25) is 5.02 Å². The molecule has 0 unspecified atom stereocenters. The van der Waals surface area contributed by atoms with Gasteiger partial charge in [0.2, 0.25) is 5.91 Å². The highest BCUT2D eigenvalue weighted by atomic mass is 35.5. The van der Waals surface area contributed by atoms with Crippen LogP contribution in [0.3, 0.4) is 0 Å². The van der Waals surface area contributed by atoms with Crippen molar-refractivity contribution in [1.29, 1.82) is 0 Å². The van der Waals surface area contributed by atoms with Crippen LogP contribution in [0.15, 0.2) is 42.5 Å². The molecule has 1 heterocycles. The fourth-order valence-electron chi connectivity index (χ4n) is 3.06. The molecule has 2 aromatic carbocycles. The Morgan fingerprint density at radius 1 is 1.00 bits per heavy atom. The van der Waals surface area contributed by atoms with E-state index in [0.717, 1.165) is 16.7 Å². The van der Waals surface area contributed by atoms with Gasteiger partial charge in [-0.2, -0.15) is 0 Å². The van der Waals surface area contributed by atoms with Crippen LogP contribution in [0, 0.1) is 13.8 Å². The Bertz CT molecular complexity index is 912. The third kappa shape index (κ3) is 4.70. The Labute approximate surface area is 169 Å². The molecule has 1 fully saturated rings. The molecule has 7 heteroatoms. The molecule has 0 spiro atoms. The Hall–Kier alpha value is -2.86. The SMILES string of the molecule is Cc1ccc(C)c(NC(=O)CN2CCN(Cc3ccc(Cl)cc3)C(=O)C2=O)c1. The summed E-state index contributed by atoms with van der Waals surface area (Å²) in [5.41, 5.74) is 3.58. The molecule has 1 aliphatic rings. The van der Waals surface area contributed by atoms with Gasteiger partial charge in [0.25, 0.3) is 0 Å². The predicted octanol–water partition coefficient (Wildman–Crippen LogP) is 2.77. The molecule has 3 amide bonds. The summed E-state index contributed by atoms with van der Waals surface area (Å²) in [5.74, 6) is -1.57. The number of hydrogen-bond acceptors (Lipinski definition) is 3. The molecule has 0 bridgehead atoms. The number of anilines is 1. The summed E-state index contributed by atoms with van der Waals surface area (Å²) in [4.78, 5) is 40.0. The maximum atomic E-state index is 12.4. The van der Waals surface area contributed by atoms with E-state index in [9.17, 15) is 14.4 Å². The number of nitrogens with zero attached hydrogens (tertiary/aromatic N) is 2. The van der Waals surface area contributed by atoms with E-state index in [-0.39, 0.29) is 12.5 Å². The molecular weight excluding hydrogens is 378 g/mol. The van der Waals surface area contributed by atoms with Crippen LogP contribution in [-0.4, -0.2) is 47.2 Å². The van der Waals surface area contributed by atoms with Crippen molar-refractivity contribution in [3.63, 3.8) is 0 Å². The summed E-state index contributed by atoms with van der Waals surface area (Å²) in [6.07, 6.45) is 0. The lowest BCUT2D eigenvalue weighted by molar-refractivity contribution is -0.157. The van der Waals surface area contributed by atoms with E-state index in [4.69, 9.17) is 11.6 Å². The second kappa shape index (κ2) is 8.44. The average molecular weight is 400 g/mol. The lowest BCUT2D eigenvalue weighted by Gasteiger charge is -2.33. The molecule has 146 valence electrons. The fraction of sp³-hybridized carbons (Fsp3) is 0.286. The smallest absolute Gasteiger partial charge is 0.312 e. The largest absolute Gasteiger partial charge is 0.328 e. The van der Waals surface area contributed by atoms with E-state index in [0.29, 0.717) is 30.3 Å². The highest BCUT2D eigenvalue weighted by molar-refractivity contribution is 6.35. The molecule has 2 aromatic rings. The zero-order valence-electron chi connectivity index (χ0n) is 15.9. The van der Waals surface area contributed by atoms with Gasteiger partial charge in [-0.15, -0.1) is 0 Å². The number of carbonyl (C=O) groups is 3. The lowest BCUT2D eigenvalue weighted by Crippen LogP contribution is -2.55. The highest BCUT2D eigenvalue weighted by Gasteiger charge is 2.33. The average Bonchev–Trinajstić information content (AvgIpc) is 2.66. The molecule has 6 nitrogen and oxygen atoms in total. The van der Waals surface area contributed by atoms with E-state index in [1.54, 1.807) is 12.1 Å². The van der Waals surface area contributed by atoms with Crippen molar-refractivity contribution in [2.75, 3.05) is 25.0 Å². The second-order valence-corrected chi connectivity index (χ2v) is 7.38. The lowest BCUT2D eigenvalue weighted by atomic mass is 10.1. The molecule has 28 heavy (non-hydrogen) atoms. The van der Waals surface area contributed by atoms with E-state index < -0.39 is 11.8 Å². The summed E-state index contributed by atoms with van der Waals surface area (Å²) < 4.78 is 0. The second-order valence-electron chi connectivity index (χ2n) is 6.95. The minimum atomic E-state index is -0.656. The third-order valence-corrected chi connectivity index (χ3v) is 4.94. The van der Waals surface area contributed by atoms with Crippen LogP contribution < -0.4 is 5.32 Å². The van der Waals surface area contributed by atoms with Crippen LogP contribution in [0.4, 0.5) is 5.69 Å². The Kier molecular flexibility index (Phi) is 5.99. The number of aryl methyl sites for hydroxylation is 2. The van der Waals surface area contributed by atoms with Gasteiger partial charge in [-0.1, -0.05) is 35.9 Å².